The molecule has 1 N–H and O–H groups in total. The summed E-state index contributed by atoms with van der Waals surface area (Å²) in [5.74, 6) is -1.74. The number of nitrogens with zero attached hydrogens (tertiary/aromatic N) is 4. The number of carboxylic acid groups (broad SMARTS) is 1. The topological polar surface area (TPSA) is 104 Å². The van der Waals surface area contributed by atoms with E-state index in [0.717, 1.165) is 33.6 Å². The van der Waals surface area contributed by atoms with Crippen molar-refractivity contribution >= 4 is 40.1 Å². The van der Waals surface area contributed by atoms with Gasteiger partial charge in [0.25, 0.3) is 0 Å². The minimum atomic E-state index is -1.09. The number of rotatable bonds is 8. The number of fused-ring (bicyclic) bond motifs is 1. The van der Waals surface area contributed by atoms with E-state index in [1.165, 1.54) is 11.9 Å². The molecule has 2 aromatic carbocycles. The maximum absolute atomic E-state index is 15.4. The molecule has 40 heavy (non-hydrogen) atoms. The second-order valence-corrected chi connectivity index (χ2v) is 10.6. The molecule has 0 saturated carbocycles. The third-order valence-electron chi connectivity index (χ3n) is 7.02. The summed E-state index contributed by atoms with van der Waals surface area (Å²) in [5.41, 5.74) is 3.89. The van der Waals surface area contributed by atoms with Gasteiger partial charge in [-0.1, -0.05) is 65.9 Å². The van der Waals surface area contributed by atoms with Gasteiger partial charge in [0.15, 0.2) is 5.13 Å². The van der Waals surface area contributed by atoms with Crippen LogP contribution in [0.15, 0.2) is 66.9 Å². The predicted molar refractivity (Wildman–Crippen MR) is 152 cm³/mol. The molecule has 3 heterocycles. The standard InChI is InChI=1S/C30H27FN4O4S/c1-34-24(36)13-12-19-15-21(17-32-28(19)34)22-10-6-7-11-23(22)26-27(31)40-30(33-26)35(2)29(39)20(16-25(37)38)14-18-8-4-3-5-9-18/h3-11,15,17,20H,12-14,16H2,1-2H3,(H,37,38). The summed E-state index contributed by atoms with van der Waals surface area (Å²) in [4.78, 5) is 48.8. The molecule has 1 aliphatic rings. The fraction of sp³-hybridized carbons (Fsp3) is 0.233. The van der Waals surface area contributed by atoms with Crippen LogP contribution >= 0.6 is 11.3 Å². The summed E-state index contributed by atoms with van der Waals surface area (Å²) in [5, 5.41) is 9.01. The molecule has 5 rings (SSSR count). The zero-order chi connectivity index (χ0) is 28.4. The van der Waals surface area contributed by atoms with Crippen molar-refractivity contribution in [2.24, 2.45) is 5.92 Å². The highest BCUT2D eigenvalue weighted by Crippen LogP contribution is 2.38. The average Bonchev–Trinajstić information content (AvgIpc) is 3.35. The number of amides is 2. The monoisotopic (exact) mass is 558 g/mol. The molecule has 1 unspecified atom stereocenters. The normalized spacial score (nSPS) is 13.6. The summed E-state index contributed by atoms with van der Waals surface area (Å²) >= 11 is 0.736. The van der Waals surface area contributed by atoms with Crippen LogP contribution in [0.5, 0.6) is 0 Å². The van der Waals surface area contributed by atoms with Crippen LogP contribution in [0, 0.1) is 11.0 Å². The molecule has 0 spiro atoms. The van der Waals surface area contributed by atoms with Crippen molar-refractivity contribution in [2.45, 2.75) is 25.7 Å². The number of thiazole rings is 1. The molecule has 0 saturated heterocycles. The number of anilines is 2. The van der Waals surface area contributed by atoms with E-state index in [1.54, 1.807) is 30.3 Å². The number of carbonyl (C=O) groups is 3. The van der Waals surface area contributed by atoms with Crippen molar-refractivity contribution in [1.82, 2.24) is 9.97 Å². The lowest BCUT2D eigenvalue weighted by Gasteiger charge is -2.25. The Balaban J connectivity index is 1.45. The molecule has 0 aliphatic carbocycles. The fourth-order valence-electron chi connectivity index (χ4n) is 4.93. The van der Waals surface area contributed by atoms with E-state index >= 15 is 4.39 Å². The number of carbonyl (C=O) groups excluding carboxylic acids is 2. The first-order chi connectivity index (χ1) is 19.2. The summed E-state index contributed by atoms with van der Waals surface area (Å²) in [6.07, 6.45) is 2.52. The molecule has 0 radical (unpaired) electrons. The number of aromatic nitrogens is 2. The minimum absolute atomic E-state index is 0.0123. The van der Waals surface area contributed by atoms with Gasteiger partial charge in [0.2, 0.25) is 16.9 Å². The van der Waals surface area contributed by atoms with Crippen LogP contribution in [-0.2, 0) is 27.2 Å². The van der Waals surface area contributed by atoms with Crippen LogP contribution in [0.25, 0.3) is 22.4 Å². The van der Waals surface area contributed by atoms with Gasteiger partial charge >= 0.3 is 5.97 Å². The largest absolute Gasteiger partial charge is 0.481 e. The van der Waals surface area contributed by atoms with Crippen LogP contribution in [0.1, 0.15) is 24.0 Å². The van der Waals surface area contributed by atoms with E-state index in [4.69, 9.17) is 0 Å². The van der Waals surface area contributed by atoms with E-state index < -0.39 is 22.9 Å². The average molecular weight is 559 g/mol. The zero-order valence-corrected chi connectivity index (χ0v) is 22.8. The molecule has 1 aliphatic heterocycles. The van der Waals surface area contributed by atoms with Gasteiger partial charge in [-0.2, -0.15) is 4.39 Å². The maximum atomic E-state index is 15.4. The SMILES string of the molecule is CN(C(=O)C(CC(=O)O)Cc1ccccc1)c1nc(-c2ccccc2-c2cnc3c(c2)CCC(=O)N3C)c(F)s1. The smallest absolute Gasteiger partial charge is 0.304 e. The van der Waals surface area contributed by atoms with Crippen LogP contribution in [0.4, 0.5) is 15.3 Å². The first-order valence-corrected chi connectivity index (χ1v) is 13.6. The number of benzene rings is 2. The van der Waals surface area contributed by atoms with Crippen LogP contribution in [0.2, 0.25) is 0 Å². The first-order valence-electron chi connectivity index (χ1n) is 12.8. The number of hydrogen-bond acceptors (Lipinski definition) is 6. The number of pyridine rings is 1. The van der Waals surface area contributed by atoms with Crippen molar-refractivity contribution in [1.29, 1.82) is 0 Å². The highest BCUT2D eigenvalue weighted by Gasteiger charge is 2.29. The van der Waals surface area contributed by atoms with Crippen LogP contribution < -0.4 is 9.80 Å². The molecule has 8 nitrogen and oxygen atoms in total. The van der Waals surface area contributed by atoms with Crippen molar-refractivity contribution in [3.8, 4) is 22.4 Å². The summed E-state index contributed by atoms with van der Waals surface area (Å²) in [7, 11) is 3.19. The number of halogens is 1. The van der Waals surface area contributed by atoms with Crippen LogP contribution in [-0.4, -0.2) is 47.0 Å². The quantitative estimate of drug-likeness (QED) is 0.318. The van der Waals surface area contributed by atoms with E-state index in [1.807, 2.05) is 48.5 Å². The van der Waals surface area contributed by atoms with Crippen molar-refractivity contribution in [3.63, 3.8) is 0 Å². The molecule has 4 aromatic rings. The highest BCUT2D eigenvalue weighted by atomic mass is 32.1. The number of carboxylic acids is 1. The molecule has 2 amide bonds. The summed E-state index contributed by atoms with van der Waals surface area (Å²) in [6, 6.07) is 18.4. The fourth-order valence-corrected chi connectivity index (χ4v) is 5.71. The van der Waals surface area contributed by atoms with E-state index in [0.29, 0.717) is 24.2 Å². The number of aryl methyl sites for hydroxylation is 1. The van der Waals surface area contributed by atoms with Gasteiger partial charge in [-0.3, -0.25) is 24.2 Å². The lowest BCUT2D eigenvalue weighted by atomic mass is 9.95. The molecule has 2 aromatic heterocycles. The Labute approximate surface area is 234 Å². The Kier molecular flexibility index (Phi) is 7.70. The van der Waals surface area contributed by atoms with Gasteiger partial charge in [0, 0.05) is 37.8 Å². The van der Waals surface area contributed by atoms with Crippen molar-refractivity contribution in [3.05, 3.63) is 83.1 Å². The Bertz CT molecular complexity index is 1590. The second-order valence-electron chi connectivity index (χ2n) is 9.71. The predicted octanol–water partition coefficient (Wildman–Crippen LogP) is 5.22. The Hall–Kier alpha value is -4.44. The minimum Gasteiger partial charge on any atom is -0.481 e. The third-order valence-corrected chi connectivity index (χ3v) is 7.94. The van der Waals surface area contributed by atoms with Gasteiger partial charge in [0.05, 0.1) is 12.3 Å². The maximum Gasteiger partial charge on any atom is 0.304 e. The Morgan fingerprint density at radius 1 is 1.10 bits per heavy atom. The Morgan fingerprint density at radius 3 is 2.52 bits per heavy atom. The van der Waals surface area contributed by atoms with Gasteiger partial charge in [-0.05, 0) is 35.6 Å². The lowest BCUT2D eigenvalue weighted by molar-refractivity contribution is -0.140. The molecular weight excluding hydrogens is 531 g/mol. The molecular formula is C30H27FN4O4S. The van der Waals surface area contributed by atoms with Gasteiger partial charge in [-0.15, -0.1) is 0 Å². The summed E-state index contributed by atoms with van der Waals surface area (Å²) < 4.78 is 15.4. The lowest BCUT2D eigenvalue weighted by Crippen LogP contribution is -2.35. The first kappa shape index (κ1) is 27.1. The van der Waals surface area contributed by atoms with E-state index in [-0.39, 0.29) is 29.6 Å². The molecule has 10 heteroatoms. The van der Waals surface area contributed by atoms with E-state index in [9.17, 15) is 19.5 Å². The van der Waals surface area contributed by atoms with Crippen molar-refractivity contribution < 1.29 is 23.9 Å². The summed E-state index contributed by atoms with van der Waals surface area (Å²) in [6.45, 7) is 0. The zero-order valence-electron chi connectivity index (χ0n) is 22.0. The van der Waals surface area contributed by atoms with Gasteiger partial charge in [0.1, 0.15) is 11.5 Å². The van der Waals surface area contributed by atoms with Crippen LogP contribution in [0.3, 0.4) is 0 Å². The van der Waals surface area contributed by atoms with Crippen molar-refractivity contribution in [2.75, 3.05) is 23.9 Å². The molecule has 0 bridgehead atoms. The molecule has 1 atom stereocenters. The Morgan fingerprint density at radius 2 is 1.80 bits per heavy atom. The van der Waals surface area contributed by atoms with E-state index in [2.05, 4.69) is 9.97 Å². The van der Waals surface area contributed by atoms with Gasteiger partial charge < -0.3 is 5.11 Å². The number of hydrogen-bond donors (Lipinski definition) is 1. The molecule has 0 fully saturated rings. The second kappa shape index (κ2) is 11.4. The molecule has 204 valence electrons. The van der Waals surface area contributed by atoms with Gasteiger partial charge in [-0.25, -0.2) is 9.97 Å². The third kappa shape index (κ3) is 5.48. The number of aliphatic carboxylic acids is 1. The highest BCUT2D eigenvalue weighted by molar-refractivity contribution is 7.14.